The van der Waals surface area contributed by atoms with Crippen molar-refractivity contribution in [3.8, 4) is 5.75 Å². The van der Waals surface area contributed by atoms with E-state index >= 15 is 0 Å². The second-order valence-electron chi connectivity index (χ2n) is 6.46. The van der Waals surface area contributed by atoms with Gasteiger partial charge in [0.05, 0.1) is 19.7 Å². The van der Waals surface area contributed by atoms with Crippen LogP contribution in [0, 0.1) is 12.8 Å². The first-order chi connectivity index (χ1) is 12.6. The molecule has 0 aliphatic carbocycles. The Morgan fingerprint density at radius 3 is 2.50 bits per heavy atom. The number of benzene rings is 2. The zero-order chi connectivity index (χ0) is 18.4. The molecule has 1 aliphatic heterocycles. The lowest BCUT2D eigenvalue weighted by Gasteiger charge is -2.32. The molecule has 132 valence electrons. The third kappa shape index (κ3) is 2.17. The molecule has 0 saturated heterocycles. The minimum atomic E-state index is -0.958. The average molecular weight is 349 g/mol. The Kier molecular flexibility index (Phi) is 3.80. The van der Waals surface area contributed by atoms with Gasteiger partial charge >= 0.3 is 5.97 Å². The van der Waals surface area contributed by atoms with Crippen LogP contribution in [0.15, 0.2) is 48.5 Å². The molecule has 0 N–H and O–H groups in total. The minimum Gasteiger partial charge on any atom is -0.496 e. The molecule has 3 aromatic rings. The van der Waals surface area contributed by atoms with Gasteiger partial charge in [0.2, 0.25) is 5.91 Å². The third-order valence-corrected chi connectivity index (χ3v) is 5.12. The highest BCUT2D eigenvalue weighted by molar-refractivity contribution is 6.08. The van der Waals surface area contributed by atoms with Crippen molar-refractivity contribution < 1.29 is 19.1 Å². The lowest BCUT2D eigenvalue weighted by Crippen LogP contribution is -2.39. The molecule has 0 spiro atoms. The van der Waals surface area contributed by atoms with Gasteiger partial charge in [-0.25, -0.2) is 0 Å². The molecule has 0 unspecified atom stereocenters. The molecule has 0 bridgehead atoms. The van der Waals surface area contributed by atoms with Gasteiger partial charge in [0.15, 0.2) is 0 Å². The van der Waals surface area contributed by atoms with Crippen LogP contribution in [0.4, 0.5) is 0 Å². The van der Waals surface area contributed by atoms with Crippen molar-refractivity contribution >= 4 is 22.8 Å². The number of methoxy groups -OCH3 is 2. The van der Waals surface area contributed by atoms with Crippen molar-refractivity contribution in [1.29, 1.82) is 0 Å². The molecule has 2 atom stereocenters. The number of rotatable bonds is 3. The molecule has 2 aromatic carbocycles. The standard InChI is InChI=1S/C21H19NO4/c1-12-11-13-7-6-9-15-17(14-8-4-5-10-16(14)25-2)18(21(24)26-3)20(23)22(12)19(13)15/h4-11,17-18H,1-3H3/t17-,18+/m0/s1. The van der Waals surface area contributed by atoms with Crippen LogP contribution >= 0.6 is 0 Å². The normalized spacial score (nSPS) is 18.8. The number of carbonyl (C=O) groups excluding carboxylic acids is 2. The van der Waals surface area contributed by atoms with E-state index in [2.05, 4.69) is 0 Å². The summed E-state index contributed by atoms with van der Waals surface area (Å²) < 4.78 is 12.2. The highest BCUT2D eigenvalue weighted by Gasteiger charge is 2.45. The molecule has 5 nitrogen and oxygen atoms in total. The van der Waals surface area contributed by atoms with E-state index in [-0.39, 0.29) is 5.91 Å². The van der Waals surface area contributed by atoms with Crippen LogP contribution < -0.4 is 4.74 Å². The fourth-order valence-electron chi connectivity index (χ4n) is 4.05. The number of hydrogen-bond acceptors (Lipinski definition) is 4. The van der Waals surface area contributed by atoms with Crippen LogP contribution in [-0.2, 0) is 9.53 Å². The largest absolute Gasteiger partial charge is 0.496 e. The highest BCUT2D eigenvalue weighted by atomic mass is 16.5. The number of nitrogens with zero attached hydrogens (tertiary/aromatic N) is 1. The van der Waals surface area contributed by atoms with Gasteiger partial charge in [-0.1, -0.05) is 36.4 Å². The van der Waals surface area contributed by atoms with Gasteiger partial charge in [0.1, 0.15) is 11.7 Å². The first kappa shape index (κ1) is 16.4. The SMILES string of the molecule is COC(=O)[C@H]1C(=O)n2c(C)cc3cccc(c32)[C@@H]1c1ccccc1OC. The predicted molar refractivity (Wildman–Crippen MR) is 97.6 cm³/mol. The van der Waals surface area contributed by atoms with Crippen LogP contribution in [0.2, 0.25) is 0 Å². The molecule has 1 aliphatic rings. The van der Waals surface area contributed by atoms with E-state index in [9.17, 15) is 9.59 Å². The smallest absolute Gasteiger partial charge is 0.319 e. The molecule has 5 heteroatoms. The first-order valence-corrected chi connectivity index (χ1v) is 8.44. The van der Waals surface area contributed by atoms with Crippen molar-refractivity contribution in [2.24, 2.45) is 5.92 Å². The van der Waals surface area contributed by atoms with Crippen LogP contribution in [0.25, 0.3) is 10.9 Å². The molecule has 0 amide bonds. The zero-order valence-electron chi connectivity index (χ0n) is 14.9. The Morgan fingerprint density at radius 1 is 1.04 bits per heavy atom. The summed E-state index contributed by atoms with van der Waals surface area (Å²) in [7, 11) is 2.90. The molecule has 0 fully saturated rings. The number of para-hydroxylation sites is 2. The summed E-state index contributed by atoms with van der Waals surface area (Å²) in [4.78, 5) is 25.9. The summed E-state index contributed by atoms with van der Waals surface area (Å²) in [5.41, 5.74) is 3.39. The van der Waals surface area contributed by atoms with Gasteiger partial charge in [-0.2, -0.15) is 0 Å². The van der Waals surface area contributed by atoms with Crippen molar-refractivity contribution in [3.05, 3.63) is 65.4 Å². The van der Waals surface area contributed by atoms with Crippen molar-refractivity contribution in [2.75, 3.05) is 14.2 Å². The first-order valence-electron chi connectivity index (χ1n) is 8.44. The molecular weight excluding hydrogens is 330 g/mol. The van der Waals surface area contributed by atoms with Gasteiger partial charge in [-0.3, -0.25) is 14.2 Å². The van der Waals surface area contributed by atoms with Gasteiger partial charge in [-0.15, -0.1) is 0 Å². The van der Waals surface area contributed by atoms with E-state index in [1.165, 1.54) is 7.11 Å². The van der Waals surface area contributed by atoms with Crippen LogP contribution in [0.1, 0.15) is 27.5 Å². The average Bonchev–Trinajstić information content (AvgIpc) is 3.01. The van der Waals surface area contributed by atoms with Gasteiger partial charge < -0.3 is 9.47 Å². The third-order valence-electron chi connectivity index (χ3n) is 5.12. The second-order valence-corrected chi connectivity index (χ2v) is 6.46. The quantitative estimate of drug-likeness (QED) is 0.536. The molecular formula is C21H19NO4. The minimum absolute atomic E-state index is 0.265. The highest BCUT2D eigenvalue weighted by Crippen LogP contribution is 2.45. The number of carbonyl (C=O) groups is 2. The van der Waals surface area contributed by atoms with Crippen molar-refractivity contribution in [3.63, 3.8) is 0 Å². The maximum absolute atomic E-state index is 13.3. The topological polar surface area (TPSA) is 57.5 Å². The van der Waals surface area contributed by atoms with Crippen LogP contribution in [0.3, 0.4) is 0 Å². The van der Waals surface area contributed by atoms with Gasteiger partial charge in [0.25, 0.3) is 0 Å². The van der Waals surface area contributed by atoms with Crippen LogP contribution in [-0.4, -0.2) is 30.7 Å². The van der Waals surface area contributed by atoms with Gasteiger partial charge in [-0.05, 0) is 24.6 Å². The second kappa shape index (κ2) is 6.02. The maximum Gasteiger partial charge on any atom is 0.319 e. The Bertz CT molecular complexity index is 1030. The van der Waals surface area contributed by atoms with E-state index in [4.69, 9.17) is 9.47 Å². The molecule has 4 rings (SSSR count). The summed E-state index contributed by atoms with van der Waals surface area (Å²) in [6, 6.07) is 15.4. The summed E-state index contributed by atoms with van der Waals surface area (Å²) in [5.74, 6) is -1.58. The van der Waals surface area contributed by atoms with Crippen molar-refractivity contribution in [2.45, 2.75) is 12.8 Å². The Labute approximate surface area is 151 Å². The number of hydrogen-bond donors (Lipinski definition) is 0. The molecule has 26 heavy (non-hydrogen) atoms. The van der Waals surface area contributed by atoms with Crippen molar-refractivity contribution in [1.82, 2.24) is 4.57 Å². The lowest BCUT2D eigenvalue weighted by molar-refractivity contribution is -0.144. The van der Waals surface area contributed by atoms with E-state index in [0.717, 1.165) is 27.7 Å². The summed E-state index contributed by atoms with van der Waals surface area (Å²) in [6.45, 7) is 1.87. The van der Waals surface area contributed by atoms with E-state index in [0.29, 0.717) is 5.75 Å². The Balaban J connectivity index is 2.08. The number of aryl methyl sites for hydroxylation is 1. The fraction of sp³-hybridized carbons (Fsp3) is 0.238. The van der Waals surface area contributed by atoms with E-state index in [1.807, 2.05) is 55.5 Å². The van der Waals surface area contributed by atoms with Gasteiger partial charge in [0, 0.05) is 22.6 Å². The molecule has 1 aromatic heterocycles. The molecule has 0 saturated carbocycles. The van der Waals surface area contributed by atoms with E-state index in [1.54, 1.807) is 11.7 Å². The number of aromatic nitrogens is 1. The predicted octanol–water partition coefficient (Wildman–Crippen LogP) is 3.53. The maximum atomic E-state index is 13.3. The fourth-order valence-corrected chi connectivity index (χ4v) is 4.05. The lowest BCUT2D eigenvalue weighted by atomic mass is 9.77. The van der Waals surface area contributed by atoms with Crippen LogP contribution in [0.5, 0.6) is 5.75 Å². The zero-order valence-corrected chi connectivity index (χ0v) is 14.9. The molecule has 0 radical (unpaired) electrons. The summed E-state index contributed by atoms with van der Waals surface area (Å²) >= 11 is 0. The van der Waals surface area contributed by atoms with E-state index < -0.39 is 17.8 Å². The molecule has 2 heterocycles. The number of esters is 1. The number of ether oxygens (including phenoxy) is 2. The Morgan fingerprint density at radius 2 is 1.77 bits per heavy atom. The summed E-state index contributed by atoms with van der Waals surface area (Å²) in [5, 5.41) is 0.983. The monoisotopic (exact) mass is 349 g/mol. The summed E-state index contributed by atoms with van der Waals surface area (Å²) in [6.07, 6.45) is 0. The Hall–Kier alpha value is -3.08.